The van der Waals surface area contributed by atoms with Gasteiger partial charge in [-0.15, -0.1) is 0 Å². The van der Waals surface area contributed by atoms with E-state index in [9.17, 15) is 4.79 Å². The van der Waals surface area contributed by atoms with E-state index in [2.05, 4.69) is 4.74 Å². The fraction of sp³-hybridized carbons (Fsp3) is 0.300. The molecule has 0 spiro atoms. The summed E-state index contributed by atoms with van der Waals surface area (Å²) in [5.74, 6) is -0.265. The summed E-state index contributed by atoms with van der Waals surface area (Å²) in [6, 6.07) is -0.0501. The van der Waals surface area contributed by atoms with E-state index in [1.54, 1.807) is 6.08 Å². The van der Waals surface area contributed by atoms with E-state index in [4.69, 9.17) is 5.73 Å². The molecule has 13 heavy (non-hydrogen) atoms. The van der Waals surface area contributed by atoms with E-state index in [1.807, 2.05) is 24.3 Å². The van der Waals surface area contributed by atoms with Gasteiger partial charge in [0.2, 0.25) is 0 Å². The Morgan fingerprint density at radius 1 is 1.46 bits per heavy atom. The van der Waals surface area contributed by atoms with Crippen LogP contribution >= 0.6 is 0 Å². The van der Waals surface area contributed by atoms with Gasteiger partial charge in [0, 0.05) is 18.0 Å². The van der Waals surface area contributed by atoms with Gasteiger partial charge >= 0.3 is 5.97 Å². The Hall–Kier alpha value is -1.35. The highest BCUT2D eigenvalue weighted by molar-refractivity contribution is 5.81. The number of allylic oxidation sites excluding steroid dienone is 2. The van der Waals surface area contributed by atoms with Crippen LogP contribution in [0.15, 0.2) is 36.5 Å². The first-order valence-electron chi connectivity index (χ1n) is 4.11. The quantitative estimate of drug-likeness (QED) is 0.503. The van der Waals surface area contributed by atoms with Crippen LogP contribution in [0, 0.1) is 5.92 Å². The number of hydrogen-bond acceptors (Lipinski definition) is 3. The highest BCUT2D eigenvalue weighted by atomic mass is 16.5. The molecule has 0 aromatic carbocycles. The maximum Gasteiger partial charge on any atom is 0.330 e. The zero-order chi connectivity index (χ0) is 9.68. The van der Waals surface area contributed by atoms with Gasteiger partial charge < -0.3 is 10.5 Å². The molecule has 2 atom stereocenters. The van der Waals surface area contributed by atoms with Crippen LogP contribution in [-0.2, 0) is 9.53 Å². The molecular weight excluding hydrogens is 166 g/mol. The van der Waals surface area contributed by atoms with E-state index in [1.165, 1.54) is 13.2 Å². The minimum absolute atomic E-state index is 0.0501. The minimum Gasteiger partial charge on any atom is -0.466 e. The van der Waals surface area contributed by atoms with Gasteiger partial charge in [-0.1, -0.05) is 30.4 Å². The largest absolute Gasteiger partial charge is 0.466 e. The molecule has 1 rings (SSSR count). The van der Waals surface area contributed by atoms with Crippen LogP contribution in [0.25, 0.3) is 0 Å². The van der Waals surface area contributed by atoms with E-state index in [0.29, 0.717) is 0 Å². The molecule has 0 bridgehead atoms. The van der Waals surface area contributed by atoms with Gasteiger partial charge in [-0.25, -0.2) is 4.79 Å². The second-order valence-corrected chi connectivity index (χ2v) is 2.81. The number of rotatable bonds is 2. The van der Waals surface area contributed by atoms with Crippen LogP contribution in [0.4, 0.5) is 0 Å². The predicted octanol–water partition coefficient (Wildman–Crippen LogP) is 0.785. The summed E-state index contributed by atoms with van der Waals surface area (Å²) in [6.07, 6.45) is 10.8. The zero-order valence-corrected chi connectivity index (χ0v) is 7.51. The van der Waals surface area contributed by atoms with Gasteiger partial charge in [0.05, 0.1) is 7.11 Å². The van der Waals surface area contributed by atoms with Crippen molar-refractivity contribution in [1.82, 2.24) is 0 Å². The highest BCUT2D eigenvalue weighted by Crippen LogP contribution is 2.11. The Morgan fingerprint density at radius 2 is 2.15 bits per heavy atom. The third-order valence-electron chi connectivity index (χ3n) is 1.88. The monoisotopic (exact) mass is 179 g/mol. The Labute approximate surface area is 77.6 Å². The van der Waals surface area contributed by atoms with Crippen molar-refractivity contribution in [1.29, 1.82) is 0 Å². The van der Waals surface area contributed by atoms with E-state index < -0.39 is 0 Å². The number of ether oxygens (including phenoxy) is 1. The van der Waals surface area contributed by atoms with Crippen molar-refractivity contribution in [2.24, 2.45) is 11.7 Å². The van der Waals surface area contributed by atoms with Crippen molar-refractivity contribution < 1.29 is 9.53 Å². The number of carbonyl (C=O) groups is 1. The molecule has 0 aliphatic heterocycles. The fourth-order valence-corrected chi connectivity index (χ4v) is 1.09. The lowest BCUT2D eigenvalue weighted by Gasteiger charge is -2.15. The number of hydrogen-bond donors (Lipinski definition) is 1. The molecule has 0 radical (unpaired) electrons. The summed E-state index contributed by atoms with van der Waals surface area (Å²) in [6.45, 7) is 0. The smallest absolute Gasteiger partial charge is 0.330 e. The molecule has 0 aromatic rings. The molecule has 1 aliphatic rings. The summed E-state index contributed by atoms with van der Waals surface area (Å²) < 4.78 is 4.47. The topological polar surface area (TPSA) is 52.3 Å². The summed E-state index contributed by atoms with van der Waals surface area (Å²) in [5, 5.41) is 0. The Morgan fingerprint density at radius 3 is 2.77 bits per heavy atom. The van der Waals surface area contributed by atoms with Crippen molar-refractivity contribution in [2.75, 3.05) is 7.11 Å². The molecule has 3 nitrogen and oxygen atoms in total. The first kappa shape index (κ1) is 9.74. The molecule has 2 unspecified atom stereocenters. The summed E-state index contributed by atoms with van der Waals surface area (Å²) >= 11 is 0. The van der Waals surface area contributed by atoms with Gasteiger partial charge in [0.15, 0.2) is 0 Å². The number of nitrogens with two attached hydrogens (primary N) is 1. The molecule has 0 saturated heterocycles. The number of methoxy groups -OCH3 is 1. The van der Waals surface area contributed by atoms with Gasteiger partial charge in [-0.3, -0.25) is 0 Å². The molecule has 0 heterocycles. The highest BCUT2D eigenvalue weighted by Gasteiger charge is 2.10. The van der Waals surface area contributed by atoms with E-state index in [0.717, 1.165) is 0 Å². The Bertz CT molecular complexity index is 266. The van der Waals surface area contributed by atoms with Crippen molar-refractivity contribution in [3.05, 3.63) is 36.5 Å². The summed E-state index contributed by atoms with van der Waals surface area (Å²) in [5.41, 5.74) is 5.77. The molecule has 0 amide bonds. The van der Waals surface area contributed by atoms with Gasteiger partial charge in [0.25, 0.3) is 0 Å². The Kier molecular flexibility index (Phi) is 3.46. The molecule has 3 heteroatoms. The third-order valence-corrected chi connectivity index (χ3v) is 1.88. The average molecular weight is 179 g/mol. The van der Waals surface area contributed by atoms with Crippen LogP contribution in [0.2, 0.25) is 0 Å². The summed E-state index contributed by atoms with van der Waals surface area (Å²) in [7, 11) is 1.35. The molecule has 2 N–H and O–H groups in total. The van der Waals surface area contributed by atoms with Crippen molar-refractivity contribution in [3.8, 4) is 0 Å². The molecule has 1 aliphatic carbocycles. The molecule has 70 valence electrons. The Balaban J connectivity index is 2.54. The molecular formula is C10H13NO2. The van der Waals surface area contributed by atoms with Crippen molar-refractivity contribution in [3.63, 3.8) is 0 Å². The molecule has 0 fully saturated rings. The van der Waals surface area contributed by atoms with Crippen LogP contribution < -0.4 is 5.73 Å². The predicted molar refractivity (Wildman–Crippen MR) is 50.9 cm³/mol. The maximum absolute atomic E-state index is 10.8. The van der Waals surface area contributed by atoms with E-state index >= 15 is 0 Å². The lowest BCUT2D eigenvalue weighted by atomic mass is 9.95. The number of carbonyl (C=O) groups excluding carboxylic acids is 1. The van der Waals surface area contributed by atoms with E-state index in [-0.39, 0.29) is 17.9 Å². The first-order valence-corrected chi connectivity index (χ1v) is 4.11. The second kappa shape index (κ2) is 4.62. The first-order chi connectivity index (χ1) is 6.24. The normalized spacial score (nSPS) is 26.6. The molecule has 0 saturated carbocycles. The maximum atomic E-state index is 10.8. The lowest BCUT2D eigenvalue weighted by molar-refractivity contribution is -0.134. The van der Waals surface area contributed by atoms with Crippen LogP contribution in [0.3, 0.4) is 0 Å². The van der Waals surface area contributed by atoms with Crippen molar-refractivity contribution in [2.45, 2.75) is 6.04 Å². The van der Waals surface area contributed by atoms with Gasteiger partial charge in [-0.05, 0) is 0 Å². The summed E-state index contributed by atoms with van der Waals surface area (Å²) in [4.78, 5) is 10.8. The van der Waals surface area contributed by atoms with Crippen LogP contribution in [-0.4, -0.2) is 19.1 Å². The standard InChI is InChI=1S/C10H13NO2/c1-13-10(12)7-6-8-4-2-3-5-9(8)11/h2-9H,11H2,1H3/b7-6+. The van der Waals surface area contributed by atoms with Crippen LogP contribution in [0.5, 0.6) is 0 Å². The molecule has 0 aromatic heterocycles. The van der Waals surface area contributed by atoms with Gasteiger partial charge in [-0.2, -0.15) is 0 Å². The fourth-order valence-electron chi connectivity index (χ4n) is 1.09. The van der Waals surface area contributed by atoms with Gasteiger partial charge in [0.1, 0.15) is 0 Å². The van der Waals surface area contributed by atoms with Crippen LogP contribution in [0.1, 0.15) is 0 Å². The zero-order valence-electron chi connectivity index (χ0n) is 7.51. The average Bonchev–Trinajstić information content (AvgIpc) is 2.16. The minimum atomic E-state index is -0.352. The SMILES string of the molecule is COC(=O)/C=C/C1C=CC=CC1N. The van der Waals surface area contributed by atoms with Crippen molar-refractivity contribution >= 4 is 5.97 Å². The number of esters is 1. The third kappa shape index (κ3) is 2.87. The lowest BCUT2D eigenvalue weighted by Crippen LogP contribution is -2.26. The second-order valence-electron chi connectivity index (χ2n) is 2.81.